The fourth-order valence-corrected chi connectivity index (χ4v) is 1.65. The van der Waals surface area contributed by atoms with Crippen molar-refractivity contribution in [2.24, 2.45) is 0 Å². The SMILES string of the molecule is CCCNc1cncc(NC(CC)CCO)c1. The maximum absolute atomic E-state index is 8.95. The molecule has 0 spiro atoms. The van der Waals surface area contributed by atoms with Gasteiger partial charge in [-0.15, -0.1) is 0 Å². The average Bonchev–Trinajstić information content (AvgIpc) is 2.36. The number of aliphatic hydroxyl groups is 1. The topological polar surface area (TPSA) is 57.2 Å². The molecule has 0 saturated heterocycles. The maximum atomic E-state index is 8.95. The van der Waals surface area contributed by atoms with Crippen LogP contribution >= 0.6 is 0 Å². The first kappa shape index (κ1) is 13.8. The number of aliphatic hydroxyl groups excluding tert-OH is 1. The number of hydrogen-bond acceptors (Lipinski definition) is 4. The van der Waals surface area contributed by atoms with Gasteiger partial charge in [-0.3, -0.25) is 4.98 Å². The molecular weight excluding hydrogens is 214 g/mol. The number of hydrogen-bond donors (Lipinski definition) is 3. The molecule has 1 atom stereocenters. The van der Waals surface area contributed by atoms with Crippen LogP contribution in [-0.2, 0) is 0 Å². The van der Waals surface area contributed by atoms with Crippen LogP contribution in [0.15, 0.2) is 18.5 Å². The van der Waals surface area contributed by atoms with Crippen LogP contribution in [0.4, 0.5) is 11.4 Å². The fraction of sp³-hybridized carbons (Fsp3) is 0.615. The van der Waals surface area contributed by atoms with E-state index in [1.165, 1.54) is 0 Å². The Balaban J connectivity index is 2.57. The van der Waals surface area contributed by atoms with E-state index in [0.29, 0.717) is 6.04 Å². The van der Waals surface area contributed by atoms with Gasteiger partial charge in [-0.05, 0) is 25.3 Å². The summed E-state index contributed by atoms with van der Waals surface area (Å²) in [5.41, 5.74) is 2.04. The minimum atomic E-state index is 0.215. The van der Waals surface area contributed by atoms with Crippen LogP contribution in [-0.4, -0.2) is 29.3 Å². The average molecular weight is 237 g/mol. The van der Waals surface area contributed by atoms with Crippen molar-refractivity contribution < 1.29 is 5.11 Å². The van der Waals surface area contributed by atoms with Crippen LogP contribution in [0.5, 0.6) is 0 Å². The Morgan fingerprint density at radius 1 is 1.29 bits per heavy atom. The molecular formula is C13H23N3O. The van der Waals surface area contributed by atoms with E-state index in [-0.39, 0.29) is 6.61 Å². The number of nitrogens with one attached hydrogen (secondary N) is 2. The summed E-state index contributed by atoms with van der Waals surface area (Å²) in [4.78, 5) is 4.20. The minimum absolute atomic E-state index is 0.215. The number of nitrogens with zero attached hydrogens (tertiary/aromatic N) is 1. The highest BCUT2D eigenvalue weighted by atomic mass is 16.3. The molecule has 0 aliphatic rings. The summed E-state index contributed by atoms with van der Waals surface area (Å²) in [5.74, 6) is 0. The Bertz CT molecular complexity index is 317. The summed E-state index contributed by atoms with van der Waals surface area (Å²) in [6.07, 6.45) is 6.50. The number of anilines is 2. The van der Waals surface area contributed by atoms with Crippen molar-refractivity contribution in [3.05, 3.63) is 18.5 Å². The standard InChI is InChI=1S/C13H23N3O/c1-3-6-15-12-8-13(10-14-9-12)16-11(4-2)5-7-17/h8-11,15-17H,3-7H2,1-2H3. The zero-order valence-corrected chi connectivity index (χ0v) is 10.7. The monoisotopic (exact) mass is 237 g/mol. The van der Waals surface area contributed by atoms with Gasteiger partial charge < -0.3 is 15.7 Å². The first-order valence-electron chi connectivity index (χ1n) is 6.36. The number of rotatable bonds is 8. The van der Waals surface area contributed by atoms with E-state index in [1.54, 1.807) is 0 Å². The summed E-state index contributed by atoms with van der Waals surface area (Å²) in [7, 11) is 0. The van der Waals surface area contributed by atoms with Gasteiger partial charge in [-0.25, -0.2) is 0 Å². The molecule has 96 valence electrons. The van der Waals surface area contributed by atoms with E-state index in [9.17, 15) is 0 Å². The smallest absolute Gasteiger partial charge is 0.0549 e. The van der Waals surface area contributed by atoms with Gasteiger partial charge in [-0.2, -0.15) is 0 Å². The number of pyridine rings is 1. The van der Waals surface area contributed by atoms with E-state index in [2.05, 4.69) is 35.5 Å². The molecule has 17 heavy (non-hydrogen) atoms. The second-order valence-corrected chi connectivity index (χ2v) is 4.15. The third kappa shape index (κ3) is 5.04. The van der Waals surface area contributed by atoms with E-state index >= 15 is 0 Å². The van der Waals surface area contributed by atoms with Crippen molar-refractivity contribution in [2.45, 2.75) is 39.2 Å². The highest BCUT2D eigenvalue weighted by molar-refractivity contribution is 5.54. The zero-order chi connectivity index (χ0) is 12.5. The Kier molecular flexibility index (Phi) is 6.40. The second kappa shape index (κ2) is 7.90. The van der Waals surface area contributed by atoms with Gasteiger partial charge in [0.25, 0.3) is 0 Å². The normalized spacial score (nSPS) is 12.2. The van der Waals surface area contributed by atoms with E-state index in [0.717, 1.165) is 37.2 Å². The Morgan fingerprint density at radius 2 is 2.06 bits per heavy atom. The Morgan fingerprint density at radius 3 is 2.71 bits per heavy atom. The van der Waals surface area contributed by atoms with Crippen LogP contribution in [0.2, 0.25) is 0 Å². The lowest BCUT2D eigenvalue weighted by Crippen LogP contribution is -2.20. The van der Waals surface area contributed by atoms with Crippen LogP contribution in [0.1, 0.15) is 33.1 Å². The van der Waals surface area contributed by atoms with Crippen molar-refractivity contribution in [1.29, 1.82) is 0 Å². The molecule has 4 nitrogen and oxygen atoms in total. The third-order valence-corrected chi connectivity index (χ3v) is 2.66. The largest absolute Gasteiger partial charge is 0.396 e. The fourth-order valence-electron chi connectivity index (χ4n) is 1.65. The number of aromatic nitrogens is 1. The van der Waals surface area contributed by atoms with Crippen LogP contribution in [0.25, 0.3) is 0 Å². The third-order valence-electron chi connectivity index (χ3n) is 2.66. The van der Waals surface area contributed by atoms with Gasteiger partial charge >= 0.3 is 0 Å². The van der Waals surface area contributed by atoms with Gasteiger partial charge in [0.15, 0.2) is 0 Å². The summed E-state index contributed by atoms with van der Waals surface area (Å²) in [6.45, 7) is 5.42. The van der Waals surface area contributed by atoms with Gasteiger partial charge in [0.1, 0.15) is 0 Å². The molecule has 1 unspecified atom stereocenters. The lowest BCUT2D eigenvalue weighted by atomic mass is 10.1. The van der Waals surface area contributed by atoms with Gasteiger partial charge in [0, 0.05) is 19.2 Å². The minimum Gasteiger partial charge on any atom is -0.396 e. The zero-order valence-electron chi connectivity index (χ0n) is 10.7. The highest BCUT2D eigenvalue weighted by Crippen LogP contribution is 2.15. The molecule has 0 fully saturated rings. The quantitative estimate of drug-likeness (QED) is 0.650. The molecule has 0 bridgehead atoms. The molecule has 1 aromatic heterocycles. The highest BCUT2D eigenvalue weighted by Gasteiger charge is 2.05. The molecule has 1 aromatic rings. The van der Waals surface area contributed by atoms with Gasteiger partial charge in [0.2, 0.25) is 0 Å². The van der Waals surface area contributed by atoms with Crippen LogP contribution in [0, 0.1) is 0 Å². The van der Waals surface area contributed by atoms with Gasteiger partial charge in [0.05, 0.1) is 23.8 Å². The first-order chi connectivity index (χ1) is 8.30. The lowest BCUT2D eigenvalue weighted by Gasteiger charge is -2.17. The molecule has 0 saturated carbocycles. The maximum Gasteiger partial charge on any atom is 0.0549 e. The summed E-state index contributed by atoms with van der Waals surface area (Å²) < 4.78 is 0. The molecule has 1 heterocycles. The van der Waals surface area contributed by atoms with Crippen molar-refractivity contribution >= 4 is 11.4 Å². The Labute approximate surface area is 103 Å². The molecule has 3 N–H and O–H groups in total. The summed E-state index contributed by atoms with van der Waals surface area (Å²) in [5, 5.41) is 15.6. The van der Waals surface area contributed by atoms with Crippen molar-refractivity contribution in [2.75, 3.05) is 23.8 Å². The molecule has 0 aliphatic carbocycles. The van der Waals surface area contributed by atoms with E-state index in [1.807, 2.05) is 12.4 Å². The van der Waals surface area contributed by atoms with E-state index < -0.39 is 0 Å². The van der Waals surface area contributed by atoms with Crippen molar-refractivity contribution in [1.82, 2.24) is 4.98 Å². The summed E-state index contributed by atoms with van der Waals surface area (Å²) >= 11 is 0. The van der Waals surface area contributed by atoms with Crippen molar-refractivity contribution in [3.8, 4) is 0 Å². The molecule has 4 heteroatoms. The predicted octanol–water partition coefficient (Wildman–Crippen LogP) is 2.48. The van der Waals surface area contributed by atoms with Gasteiger partial charge in [-0.1, -0.05) is 13.8 Å². The lowest BCUT2D eigenvalue weighted by molar-refractivity contribution is 0.278. The van der Waals surface area contributed by atoms with Crippen LogP contribution in [0.3, 0.4) is 0 Å². The predicted molar refractivity (Wildman–Crippen MR) is 72.4 cm³/mol. The molecule has 1 rings (SSSR count). The van der Waals surface area contributed by atoms with Crippen molar-refractivity contribution in [3.63, 3.8) is 0 Å². The molecule has 0 radical (unpaired) electrons. The Hall–Kier alpha value is -1.29. The first-order valence-corrected chi connectivity index (χ1v) is 6.36. The second-order valence-electron chi connectivity index (χ2n) is 4.15. The molecule has 0 aromatic carbocycles. The van der Waals surface area contributed by atoms with E-state index in [4.69, 9.17) is 5.11 Å². The summed E-state index contributed by atoms with van der Waals surface area (Å²) in [6, 6.07) is 2.37. The van der Waals surface area contributed by atoms with Crippen LogP contribution < -0.4 is 10.6 Å². The molecule has 0 aliphatic heterocycles. The molecule has 0 amide bonds.